The van der Waals surface area contributed by atoms with Gasteiger partial charge >= 0.3 is 11.7 Å². The van der Waals surface area contributed by atoms with E-state index in [0.29, 0.717) is 18.0 Å². The van der Waals surface area contributed by atoms with Crippen molar-refractivity contribution in [1.29, 1.82) is 0 Å². The van der Waals surface area contributed by atoms with Gasteiger partial charge in [-0.3, -0.25) is 19.6 Å². The van der Waals surface area contributed by atoms with E-state index in [4.69, 9.17) is 4.74 Å². The van der Waals surface area contributed by atoms with Crippen molar-refractivity contribution in [3.05, 3.63) is 21.5 Å². The Morgan fingerprint density at radius 3 is 2.65 bits per heavy atom. The molecule has 94 valence electrons. The smallest absolute Gasteiger partial charge is 0.327 e. The average Bonchev–Trinajstić information content (AvgIpc) is 2.51. The molecule has 0 N–H and O–H groups in total. The molecule has 0 aliphatic carbocycles. The normalized spacial score (nSPS) is 10.3. The number of hydrogen-bond donors (Lipinski definition) is 0. The maximum Gasteiger partial charge on any atom is 0.327 e. The molecule has 0 spiro atoms. The first-order valence-electron chi connectivity index (χ1n) is 5.31. The van der Waals surface area contributed by atoms with Crippen molar-refractivity contribution in [1.82, 2.24) is 9.78 Å². The fourth-order valence-corrected chi connectivity index (χ4v) is 1.49. The Bertz CT molecular complexity index is 439. The lowest BCUT2D eigenvalue weighted by Crippen LogP contribution is -2.16. The summed E-state index contributed by atoms with van der Waals surface area (Å²) in [5.74, 6) is -0.438. The lowest BCUT2D eigenvalue weighted by molar-refractivity contribution is -0.386. The maximum atomic E-state index is 11.4. The molecule has 0 aliphatic rings. The van der Waals surface area contributed by atoms with Gasteiger partial charge in [0.25, 0.3) is 0 Å². The van der Waals surface area contributed by atoms with Gasteiger partial charge in [0.05, 0.1) is 11.5 Å². The standard InChI is InChI=1S/C10H15N3O4/c1-4-5-17-9(14)6-12-8(3)10(13(15)16)7(2)11-12/h4-6H2,1-3H3. The number of nitro groups is 1. The van der Waals surface area contributed by atoms with Crippen LogP contribution in [-0.2, 0) is 16.1 Å². The minimum Gasteiger partial charge on any atom is -0.464 e. The summed E-state index contributed by atoms with van der Waals surface area (Å²) < 4.78 is 6.19. The molecule has 0 saturated carbocycles. The van der Waals surface area contributed by atoms with Gasteiger partial charge in [-0.2, -0.15) is 5.10 Å². The van der Waals surface area contributed by atoms with Crippen molar-refractivity contribution in [3.8, 4) is 0 Å². The van der Waals surface area contributed by atoms with Crippen molar-refractivity contribution in [3.63, 3.8) is 0 Å². The molecule has 0 atom stereocenters. The second kappa shape index (κ2) is 5.42. The Balaban J connectivity index is 2.83. The minimum absolute atomic E-state index is 0.0479. The van der Waals surface area contributed by atoms with Crippen LogP contribution in [0, 0.1) is 24.0 Å². The van der Waals surface area contributed by atoms with E-state index in [1.54, 1.807) is 13.8 Å². The molecule has 1 rings (SSSR count). The van der Waals surface area contributed by atoms with Crippen molar-refractivity contribution < 1.29 is 14.5 Å². The van der Waals surface area contributed by atoms with Gasteiger partial charge in [-0.15, -0.1) is 0 Å². The highest BCUT2D eigenvalue weighted by molar-refractivity contribution is 5.69. The quantitative estimate of drug-likeness (QED) is 0.441. The summed E-state index contributed by atoms with van der Waals surface area (Å²) in [5.41, 5.74) is 0.616. The Morgan fingerprint density at radius 2 is 2.18 bits per heavy atom. The Kier molecular flexibility index (Phi) is 4.19. The Hall–Kier alpha value is -1.92. The van der Waals surface area contributed by atoms with Gasteiger partial charge in [0.1, 0.15) is 17.9 Å². The highest BCUT2D eigenvalue weighted by Crippen LogP contribution is 2.21. The highest BCUT2D eigenvalue weighted by atomic mass is 16.6. The van der Waals surface area contributed by atoms with E-state index in [2.05, 4.69) is 5.10 Å². The van der Waals surface area contributed by atoms with E-state index >= 15 is 0 Å². The van der Waals surface area contributed by atoms with Gasteiger partial charge in [-0.25, -0.2) is 0 Å². The topological polar surface area (TPSA) is 87.3 Å². The SMILES string of the molecule is CCCOC(=O)Cn1nc(C)c([N+](=O)[O-])c1C. The van der Waals surface area contributed by atoms with Crippen molar-refractivity contribution in [2.24, 2.45) is 0 Å². The van der Waals surface area contributed by atoms with E-state index in [9.17, 15) is 14.9 Å². The van der Waals surface area contributed by atoms with Crippen LogP contribution >= 0.6 is 0 Å². The molecular formula is C10H15N3O4. The molecule has 7 nitrogen and oxygen atoms in total. The van der Waals surface area contributed by atoms with Crippen LogP contribution in [0.15, 0.2) is 0 Å². The van der Waals surface area contributed by atoms with Crippen LogP contribution in [0.4, 0.5) is 5.69 Å². The average molecular weight is 241 g/mol. The number of esters is 1. The molecular weight excluding hydrogens is 226 g/mol. The zero-order valence-electron chi connectivity index (χ0n) is 10.1. The molecule has 1 heterocycles. The largest absolute Gasteiger partial charge is 0.464 e. The fraction of sp³-hybridized carbons (Fsp3) is 0.600. The molecule has 0 fully saturated rings. The number of hydrogen-bond acceptors (Lipinski definition) is 5. The number of carbonyl (C=O) groups is 1. The van der Waals surface area contributed by atoms with Crippen LogP contribution in [0.1, 0.15) is 24.7 Å². The number of rotatable bonds is 5. The van der Waals surface area contributed by atoms with E-state index in [1.165, 1.54) is 4.68 Å². The summed E-state index contributed by atoms with van der Waals surface area (Å²) in [6, 6.07) is 0. The van der Waals surface area contributed by atoms with Crippen LogP contribution in [-0.4, -0.2) is 27.3 Å². The Morgan fingerprint density at radius 1 is 1.53 bits per heavy atom. The number of aromatic nitrogens is 2. The van der Waals surface area contributed by atoms with Crippen LogP contribution in [0.2, 0.25) is 0 Å². The van der Waals surface area contributed by atoms with E-state index < -0.39 is 10.9 Å². The molecule has 1 aromatic heterocycles. The second-order valence-electron chi connectivity index (χ2n) is 3.65. The number of ether oxygens (including phenoxy) is 1. The van der Waals surface area contributed by atoms with Crippen LogP contribution in [0.5, 0.6) is 0 Å². The molecule has 17 heavy (non-hydrogen) atoms. The lowest BCUT2D eigenvalue weighted by atomic mass is 10.3. The van der Waals surface area contributed by atoms with Gasteiger partial charge in [0.15, 0.2) is 0 Å². The number of aryl methyl sites for hydroxylation is 1. The third-order valence-electron chi connectivity index (χ3n) is 2.27. The molecule has 0 aliphatic heterocycles. The molecule has 1 aromatic rings. The van der Waals surface area contributed by atoms with Crippen LogP contribution in [0.25, 0.3) is 0 Å². The van der Waals surface area contributed by atoms with E-state index in [-0.39, 0.29) is 12.2 Å². The maximum absolute atomic E-state index is 11.4. The first kappa shape index (κ1) is 13.1. The summed E-state index contributed by atoms with van der Waals surface area (Å²) >= 11 is 0. The molecule has 0 bridgehead atoms. The molecule has 0 unspecified atom stereocenters. The summed E-state index contributed by atoms with van der Waals surface area (Å²) in [4.78, 5) is 21.6. The summed E-state index contributed by atoms with van der Waals surface area (Å²) in [6.07, 6.45) is 0.739. The van der Waals surface area contributed by atoms with Gasteiger partial charge in [-0.1, -0.05) is 6.92 Å². The number of carbonyl (C=O) groups excluding carboxylic acids is 1. The zero-order valence-corrected chi connectivity index (χ0v) is 10.1. The lowest BCUT2D eigenvalue weighted by Gasteiger charge is -2.04. The predicted octanol–water partition coefficient (Wildman–Crippen LogP) is 1.36. The molecule has 0 aromatic carbocycles. The third-order valence-corrected chi connectivity index (χ3v) is 2.27. The molecule has 0 amide bonds. The van der Waals surface area contributed by atoms with Crippen LogP contribution in [0.3, 0.4) is 0 Å². The van der Waals surface area contributed by atoms with Gasteiger partial charge in [-0.05, 0) is 20.3 Å². The highest BCUT2D eigenvalue weighted by Gasteiger charge is 2.22. The zero-order chi connectivity index (χ0) is 13.0. The molecule has 7 heteroatoms. The minimum atomic E-state index is -0.495. The Labute approximate surface area is 98.5 Å². The predicted molar refractivity (Wildman–Crippen MR) is 59.6 cm³/mol. The van der Waals surface area contributed by atoms with Gasteiger partial charge in [0.2, 0.25) is 0 Å². The van der Waals surface area contributed by atoms with Gasteiger partial charge < -0.3 is 4.74 Å². The fourth-order valence-electron chi connectivity index (χ4n) is 1.49. The second-order valence-corrected chi connectivity index (χ2v) is 3.65. The first-order valence-corrected chi connectivity index (χ1v) is 5.31. The third kappa shape index (κ3) is 3.02. The molecule has 0 saturated heterocycles. The van der Waals surface area contributed by atoms with Crippen molar-refractivity contribution in [2.45, 2.75) is 33.7 Å². The number of nitrogens with zero attached hydrogens (tertiary/aromatic N) is 3. The summed E-state index contributed by atoms with van der Waals surface area (Å²) in [7, 11) is 0. The van der Waals surface area contributed by atoms with E-state index in [1.807, 2.05) is 6.92 Å². The van der Waals surface area contributed by atoms with Crippen LogP contribution < -0.4 is 0 Å². The van der Waals surface area contributed by atoms with Crippen molar-refractivity contribution in [2.75, 3.05) is 6.61 Å². The monoisotopic (exact) mass is 241 g/mol. The summed E-state index contributed by atoms with van der Waals surface area (Å²) in [5, 5.41) is 14.7. The van der Waals surface area contributed by atoms with E-state index in [0.717, 1.165) is 6.42 Å². The van der Waals surface area contributed by atoms with Gasteiger partial charge in [0, 0.05) is 0 Å². The first-order chi connectivity index (χ1) is 7.97. The van der Waals surface area contributed by atoms with Crippen molar-refractivity contribution >= 4 is 11.7 Å². The summed E-state index contributed by atoms with van der Waals surface area (Å²) in [6.45, 7) is 5.24. The molecule has 0 radical (unpaired) electrons.